The van der Waals surface area contributed by atoms with E-state index in [4.69, 9.17) is 4.99 Å². The predicted octanol–water partition coefficient (Wildman–Crippen LogP) is 4.94. The van der Waals surface area contributed by atoms with Gasteiger partial charge < -0.3 is 0 Å². The maximum absolute atomic E-state index is 13.4. The van der Waals surface area contributed by atoms with Gasteiger partial charge in [-0.2, -0.15) is 0 Å². The van der Waals surface area contributed by atoms with E-state index in [1.807, 2.05) is 79.7 Å². The van der Waals surface area contributed by atoms with Gasteiger partial charge in [-0.3, -0.25) is 15.0 Å². The van der Waals surface area contributed by atoms with Gasteiger partial charge in [0.05, 0.1) is 11.4 Å². The molecule has 3 aromatic rings. The van der Waals surface area contributed by atoms with Crippen LogP contribution in [-0.4, -0.2) is 22.8 Å². The highest BCUT2D eigenvalue weighted by Gasteiger charge is 2.39. The van der Waals surface area contributed by atoms with E-state index in [0.29, 0.717) is 11.4 Å². The first-order chi connectivity index (χ1) is 14.5. The Morgan fingerprint density at radius 3 is 2.37 bits per heavy atom. The molecule has 1 amide bonds. The Labute approximate surface area is 179 Å². The van der Waals surface area contributed by atoms with Gasteiger partial charge in [0.15, 0.2) is 5.78 Å². The molecule has 150 valence electrons. The molecule has 0 bridgehead atoms. The van der Waals surface area contributed by atoms with Gasteiger partial charge in [-0.25, -0.2) is 10.0 Å². The molecule has 0 saturated carbocycles. The lowest BCUT2D eigenvalue weighted by Gasteiger charge is -2.15. The van der Waals surface area contributed by atoms with Crippen molar-refractivity contribution in [3.8, 4) is 0 Å². The Morgan fingerprint density at radius 2 is 1.63 bits per heavy atom. The van der Waals surface area contributed by atoms with Crippen molar-refractivity contribution in [2.45, 2.75) is 24.0 Å². The van der Waals surface area contributed by atoms with Gasteiger partial charge in [-0.05, 0) is 43.7 Å². The van der Waals surface area contributed by atoms with Crippen LogP contribution >= 0.6 is 11.8 Å². The molecule has 1 atom stereocenters. The zero-order valence-corrected chi connectivity index (χ0v) is 17.5. The number of hydrogen-bond donors (Lipinski definition) is 1. The van der Waals surface area contributed by atoms with Crippen molar-refractivity contribution in [1.29, 1.82) is 0 Å². The average molecular weight is 416 g/mol. The highest BCUT2D eigenvalue weighted by molar-refractivity contribution is 8.01. The van der Waals surface area contributed by atoms with Gasteiger partial charge >= 0.3 is 0 Å². The van der Waals surface area contributed by atoms with E-state index in [1.54, 1.807) is 6.07 Å². The van der Waals surface area contributed by atoms with Crippen LogP contribution in [0.1, 0.15) is 22.8 Å². The third-order valence-corrected chi connectivity index (χ3v) is 6.07. The summed E-state index contributed by atoms with van der Waals surface area (Å²) >= 11 is 1.34. The Morgan fingerprint density at radius 1 is 0.967 bits per heavy atom. The average Bonchev–Trinajstić information content (AvgIpc) is 3.06. The molecular weight excluding hydrogens is 394 g/mol. The molecule has 0 spiro atoms. The van der Waals surface area contributed by atoms with Crippen LogP contribution in [0.4, 0.5) is 11.4 Å². The number of nitrogens with one attached hydrogen (secondary N) is 1. The molecule has 6 heteroatoms. The zero-order valence-electron chi connectivity index (χ0n) is 16.7. The van der Waals surface area contributed by atoms with Gasteiger partial charge in [-0.15, -0.1) is 11.8 Å². The second-order valence-electron chi connectivity index (χ2n) is 6.95. The summed E-state index contributed by atoms with van der Waals surface area (Å²) in [6, 6.07) is 24.5. The molecule has 1 saturated heterocycles. The number of para-hydroxylation sites is 2. The number of aliphatic imine (C=N–C) groups is 1. The molecular formula is C24H21N3O2S. The highest BCUT2D eigenvalue weighted by atomic mass is 32.2. The number of nitrogens with zero attached hydrogens (tertiary/aromatic N) is 2. The molecule has 0 aliphatic carbocycles. The molecule has 1 fully saturated rings. The van der Waals surface area contributed by atoms with E-state index in [9.17, 15) is 9.59 Å². The molecule has 30 heavy (non-hydrogen) atoms. The van der Waals surface area contributed by atoms with Crippen molar-refractivity contribution < 1.29 is 9.59 Å². The van der Waals surface area contributed by atoms with E-state index in [2.05, 4.69) is 5.43 Å². The van der Waals surface area contributed by atoms with E-state index in [0.717, 1.165) is 21.8 Å². The molecule has 1 aliphatic rings. The lowest BCUT2D eigenvalue weighted by Crippen LogP contribution is -2.35. The quantitative estimate of drug-likeness (QED) is 0.600. The number of carbonyl (C=O) groups is 2. The molecule has 1 aliphatic heterocycles. The SMILES string of the molecule is CC(=O)c1ccccc1SC1C(=O)N(c2ccccc2)NC1=Nc1ccccc1C. The van der Waals surface area contributed by atoms with E-state index in [-0.39, 0.29) is 11.7 Å². The molecule has 0 radical (unpaired) electrons. The number of amidine groups is 1. The van der Waals surface area contributed by atoms with Crippen LogP contribution in [0, 0.1) is 6.92 Å². The summed E-state index contributed by atoms with van der Waals surface area (Å²) < 4.78 is 0. The maximum Gasteiger partial charge on any atom is 0.266 e. The summed E-state index contributed by atoms with van der Waals surface area (Å²) in [5.41, 5.74) is 6.34. The fourth-order valence-electron chi connectivity index (χ4n) is 3.23. The molecule has 5 nitrogen and oxygen atoms in total. The molecule has 1 unspecified atom stereocenters. The number of aryl methyl sites for hydroxylation is 1. The van der Waals surface area contributed by atoms with Crippen molar-refractivity contribution in [2.24, 2.45) is 4.99 Å². The third-order valence-electron chi connectivity index (χ3n) is 4.80. The van der Waals surface area contributed by atoms with E-state index in [1.165, 1.54) is 23.7 Å². The Bertz CT molecular complexity index is 1130. The molecule has 3 aromatic carbocycles. The van der Waals surface area contributed by atoms with Crippen LogP contribution in [0.3, 0.4) is 0 Å². The smallest absolute Gasteiger partial charge is 0.266 e. The lowest BCUT2D eigenvalue weighted by molar-refractivity contribution is -0.116. The number of thioether (sulfide) groups is 1. The number of anilines is 1. The van der Waals surface area contributed by atoms with Gasteiger partial charge in [0.25, 0.3) is 5.91 Å². The van der Waals surface area contributed by atoms with Crippen LogP contribution in [0.5, 0.6) is 0 Å². The number of ketones is 1. The third kappa shape index (κ3) is 4.00. The molecule has 0 aromatic heterocycles. The van der Waals surface area contributed by atoms with Crippen molar-refractivity contribution in [2.75, 3.05) is 5.01 Å². The summed E-state index contributed by atoms with van der Waals surface area (Å²) in [4.78, 5) is 31.0. The van der Waals surface area contributed by atoms with Crippen LogP contribution in [0.15, 0.2) is 88.8 Å². The van der Waals surface area contributed by atoms with E-state index < -0.39 is 5.25 Å². The number of carbonyl (C=O) groups excluding carboxylic acids is 2. The van der Waals surface area contributed by atoms with Gasteiger partial charge in [0.1, 0.15) is 11.1 Å². The first kappa shape index (κ1) is 19.9. The number of hydrazine groups is 1. The predicted molar refractivity (Wildman–Crippen MR) is 121 cm³/mol. The Hall–Kier alpha value is -3.38. The minimum atomic E-state index is -0.592. The number of hydrogen-bond acceptors (Lipinski definition) is 4. The van der Waals surface area contributed by atoms with Crippen LogP contribution in [-0.2, 0) is 4.79 Å². The van der Waals surface area contributed by atoms with Gasteiger partial charge in [-0.1, -0.05) is 54.6 Å². The highest BCUT2D eigenvalue weighted by Crippen LogP contribution is 2.33. The summed E-state index contributed by atoms with van der Waals surface area (Å²) in [5.74, 6) is 0.382. The largest absolute Gasteiger partial charge is 0.294 e. The van der Waals surface area contributed by atoms with Crippen molar-refractivity contribution >= 4 is 40.7 Å². The normalized spacial score (nSPS) is 17.3. The Kier molecular flexibility index (Phi) is 5.68. The number of Topliss-reactive ketones (excluding diaryl/α,β-unsaturated/α-hetero) is 1. The fraction of sp³-hybridized carbons (Fsp3) is 0.125. The lowest BCUT2D eigenvalue weighted by atomic mass is 10.1. The second kappa shape index (κ2) is 8.55. The number of amides is 1. The molecule has 1 heterocycles. The summed E-state index contributed by atoms with van der Waals surface area (Å²) in [6.45, 7) is 3.52. The molecule has 4 rings (SSSR count). The standard InChI is InChI=1S/C24H21N3O2S/c1-16-10-6-8-14-20(16)25-23-22(30-21-15-9-7-13-19(21)17(2)28)24(29)27(26-23)18-11-4-3-5-12-18/h3-15,22H,1-2H3,(H,25,26). The number of rotatable bonds is 5. The Balaban J connectivity index is 1.75. The topological polar surface area (TPSA) is 61.8 Å². The summed E-state index contributed by atoms with van der Waals surface area (Å²) in [5, 5.41) is 0.927. The molecule has 1 N–H and O–H groups in total. The minimum Gasteiger partial charge on any atom is -0.294 e. The van der Waals surface area contributed by atoms with Crippen LogP contribution < -0.4 is 10.4 Å². The van der Waals surface area contributed by atoms with Gasteiger partial charge in [0.2, 0.25) is 0 Å². The van der Waals surface area contributed by atoms with Crippen molar-refractivity contribution in [3.05, 3.63) is 90.0 Å². The monoisotopic (exact) mass is 415 g/mol. The fourth-order valence-corrected chi connectivity index (χ4v) is 4.40. The zero-order chi connectivity index (χ0) is 21.1. The van der Waals surface area contributed by atoms with Crippen molar-refractivity contribution in [1.82, 2.24) is 5.43 Å². The first-order valence-corrected chi connectivity index (χ1v) is 10.5. The van der Waals surface area contributed by atoms with E-state index >= 15 is 0 Å². The summed E-state index contributed by atoms with van der Waals surface area (Å²) in [7, 11) is 0. The number of benzene rings is 3. The van der Waals surface area contributed by atoms with Crippen LogP contribution in [0.2, 0.25) is 0 Å². The van der Waals surface area contributed by atoms with Crippen molar-refractivity contribution in [3.63, 3.8) is 0 Å². The van der Waals surface area contributed by atoms with Crippen LogP contribution in [0.25, 0.3) is 0 Å². The van der Waals surface area contributed by atoms with Gasteiger partial charge in [0, 0.05) is 10.5 Å². The minimum absolute atomic E-state index is 0.0335. The maximum atomic E-state index is 13.4. The second-order valence-corrected chi connectivity index (χ2v) is 8.10. The summed E-state index contributed by atoms with van der Waals surface area (Å²) in [6.07, 6.45) is 0. The first-order valence-electron chi connectivity index (χ1n) is 9.61.